The van der Waals surface area contributed by atoms with E-state index in [1.165, 1.54) is 0 Å². The minimum atomic E-state index is 0.0425. The van der Waals surface area contributed by atoms with Gasteiger partial charge in [-0.1, -0.05) is 17.7 Å². The number of aryl methyl sites for hydroxylation is 2. The first-order valence-electron chi connectivity index (χ1n) is 8.07. The van der Waals surface area contributed by atoms with Crippen LogP contribution in [0, 0.1) is 13.8 Å². The molecule has 2 aromatic rings. The van der Waals surface area contributed by atoms with E-state index in [1.807, 2.05) is 53.3 Å². The van der Waals surface area contributed by atoms with Crippen LogP contribution in [0.2, 0.25) is 0 Å². The molecule has 6 heteroatoms. The lowest BCUT2D eigenvalue weighted by Crippen LogP contribution is -2.51. The first kappa shape index (κ1) is 16.6. The number of carbonyl (C=O) groups excluding carboxylic acids is 2. The van der Waals surface area contributed by atoms with Crippen LogP contribution in [-0.4, -0.2) is 52.8 Å². The number of amides is 2. The van der Waals surface area contributed by atoms with Crippen LogP contribution in [0.3, 0.4) is 0 Å². The molecule has 5 nitrogen and oxygen atoms in total. The second-order valence-electron chi connectivity index (χ2n) is 6.08. The Labute approximate surface area is 145 Å². The summed E-state index contributed by atoms with van der Waals surface area (Å²) in [5.74, 6) is 0.129. The topological polar surface area (TPSA) is 53.5 Å². The maximum Gasteiger partial charge on any atom is 0.253 e. The molecule has 2 amide bonds. The number of hydrogen-bond acceptors (Lipinski definition) is 4. The van der Waals surface area contributed by atoms with E-state index in [1.54, 1.807) is 11.3 Å². The van der Waals surface area contributed by atoms with E-state index < -0.39 is 0 Å². The van der Waals surface area contributed by atoms with E-state index in [0.29, 0.717) is 38.2 Å². The Balaban J connectivity index is 1.55. The summed E-state index contributed by atoms with van der Waals surface area (Å²) < 4.78 is 0. The quantitative estimate of drug-likeness (QED) is 0.859. The standard InChI is InChI=1S/C18H21N3O2S/c1-13-4-3-5-15(10-13)18(23)21-8-6-20(7-9-21)17(22)11-16-12-24-14(2)19-16/h3-5,10,12H,6-9,11H2,1-2H3. The van der Waals surface area contributed by atoms with Crippen LogP contribution in [0.15, 0.2) is 29.6 Å². The Bertz CT molecular complexity index is 748. The molecule has 1 aromatic heterocycles. The van der Waals surface area contributed by atoms with E-state index in [9.17, 15) is 9.59 Å². The van der Waals surface area contributed by atoms with Crippen molar-refractivity contribution in [3.8, 4) is 0 Å². The summed E-state index contributed by atoms with van der Waals surface area (Å²) in [4.78, 5) is 32.9. The number of carbonyl (C=O) groups is 2. The highest BCUT2D eigenvalue weighted by Gasteiger charge is 2.25. The van der Waals surface area contributed by atoms with Crippen molar-refractivity contribution >= 4 is 23.2 Å². The van der Waals surface area contributed by atoms with Crippen LogP contribution in [0.1, 0.15) is 26.6 Å². The van der Waals surface area contributed by atoms with Crippen molar-refractivity contribution in [3.05, 3.63) is 51.5 Å². The van der Waals surface area contributed by atoms with Gasteiger partial charge in [0.1, 0.15) is 0 Å². The average molecular weight is 343 g/mol. The highest BCUT2D eigenvalue weighted by atomic mass is 32.1. The maximum atomic E-state index is 12.5. The summed E-state index contributed by atoms with van der Waals surface area (Å²) in [7, 11) is 0. The van der Waals surface area contributed by atoms with Crippen molar-refractivity contribution in [1.29, 1.82) is 0 Å². The third kappa shape index (κ3) is 3.82. The predicted octanol–water partition coefficient (Wildman–Crippen LogP) is 2.29. The first-order chi connectivity index (χ1) is 11.5. The number of hydrogen-bond donors (Lipinski definition) is 0. The zero-order valence-electron chi connectivity index (χ0n) is 14.0. The molecular formula is C18H21N3O2S. The smallest absolute Gasteiger partial charge is 0.253 e. The van der Waals surface area contributed by atoms with Crippen molar-refractivity contribution in [3.63, 3.8) is 0 Å². The molecule has 0 unspecified atom stereocenters. The molecule has 0 radical (unpaired) electrons. The molecule has 1 aliphatic heterocycles. The normalized spacial score (nSPS) is 14.8. The van der Waals surface area contributed by atoms with E-state index in [2.05, 4.69) is 4.98 Å². The molecular weight excluding hydrogens is 322 g/mol. The van der Waals surface area contributed by atoms with Gasteiger partial charge in [-0.25, -0.2) is 4.98 Å². The monoisotopic (exact) mass is 343 g/mol. The van der Waals surface area contributed by atoms with Gasteiger partial charge in [-0.2, -0.15) is 0 Å². The van der Waals surface area contributed by atoms with E-state index in [0.717, 1.165) is 16.3 Å². The Kier molecular flexibility index (Phi) is 4.94. The highest BCUT2D eigenvalue weighted by Crippen LogP contribution is 2.13. The summed E-state index contributed by atoms with van der Waals surface area (Å²) >= 11 is 1.56. The fourth-order valence-corrected chi connectivity index (χ4v) is 3.49. The Hall–Kier alpha value is -2.21. The molecule has 3 rings (SSSR count). The Morgan fingerprint density at radius 1 is 1.12 bits per heavy atom. The van der Waals surface area contributed by atoms with Gasteiger partial charge < -0.3 is 9.80 Å². The highest BCUT2D eigenvalue weighted by molar-refractivity contribution is 7.09. The predicted molar refractivity (Wildman–Crippen MR) is 94.2 cm³/mol. The number of piperazine rings is 1. The average Bonchev–Trinajstić information content (AvgIpc) is 2.99. The molecule has 24 heavy (non-hydrogen) atoms. The molecule has 1 aromatic carbocycles. The molecule has 0 saturated carbocycles. The fourth-order valence-electron chi connectivity index (χ4n) is 2.88. The zero-order chi connectivity index (χ0) is 17.1. The lowest BCUT2D eigenvalue weighted by Gasteiger charge is -2.34. The van der Waals surface area contributed by atoms with E-state index >= 15 is 0 Å². The van der Waals surface area contributed by atoms with Crippen LogP contribution in [-0.2, 0) is 11.2 Å². The molecule has 0 bridgehead atoms. The van der Waals surface area contributed by atoms with Gasteiger partial charge in [-0.15, -0.1) is 11.3 Å². The van der Waals surface area contributed by atoms with Crippen molar-refractivity contribution in [2.45, 2.75) is 20.3 Å². The molecule has 126 valence electrons. The van der Waals surface area contributed by atoms with Crippen LogP contribution in [0.25, 0.3) is 0 Å². The van der Waals surface area contributed by atoms with Gasteiger partial charge in [0.05, 0.1) is 17.1 Å². The number of aromatic nitrogens is 1. The van der Waals surface area contributed by atoms with E-state index in [4.69, 9.17) is 0 Å². The first-order valence-corrected chi connectivity index (χ1v) is 8.95. The summed E-state index contributed by atoms with van der Waals surface area (Å²) in [6.07, 6.45) is 0.343. The van der Waals surface area contributed by atoms with Crippen LogP contribution < -0.4 is 0 Å². The number of thiazole rings is 1. The third-order valence-corrected chi connectivity index (χ3v) is 5.01. The maximum absolute atomic E-state index is 12.5. The molecule has 1 saturated heterocycles. The molecule has 2 heterocycles. The van der Waals surface area contributed by atoms with E-state index in [-0.39, 0.29) is 11.8 Å². The zero-order valence-corrected chi connectivity index (χ0v) is 14.8. The van der Waals surface area contributed by atoms with Gasteiger partial charge >= 0.3 is 0 Å². The van der Waals surface area contributed by atoms with Gasteiger partial charge in [-0.3, -0.25) is 9.59 Å². The van der Waals surface area contributed by atoms with Crippen molar-refractivity contribution in [2.24, 2.45) is 0 Å². The molecule has 0 aliphatic carbocycles. The number of nitrogens with zero attached hydrogens (tertiary/aromatic N) is 3. The molecule has 0 spiro atoms. The Morgan fingerprint density at radius 2 is 1.83 bits per heavy atom. The summed E-state index contributed by atoms with van der Waals surface area (Å²) in [5.41, 5.74) is 2.63. The summed E-state index contributed by atoms with van der Waals surface area (Å²) in [6.45, 7) is 6.24. The largest absolute Gasteiger partial charge is 0.339 e. The fraction of sp³-hybridized carbons (Fsp3) is 0.389. The van der Waals surface area contributed by atoms with Gasteiger partial charge in [0.15, 0.2) is 0 Å². The lowest BCUT2D eigenvalue weighted by atomic mass is 10.1. The van der Waals surface area contributed by atoms with Crippen molar-refractivity contribution in [1.82, 2.24) is 14.8 Å². The minimum absolute atomic E-state index is 0.0425. The summed E-state index contributed by atoms with van der Waals surface area (Å²) in [5, 5.41) is 2.91. The number of benzene rings is 1. The SMILES string of the molecule is Cc1cccc(C(=O)N2CCN(C(=O)Cc3csc(C)n3)CC2)c1. The molecule has 0 atom stereocenters. The molecule has 0 N–H and O–H groups in total. The molecule has 1 aliphatic rings. The van der Waals surface area contributed by atoms with Crippen molar-refractivity contribution in [2.75, 3.05) is 26.2 Å². The van der Waals surface area contributed by atoms with Gasteiger partial charge in [0, 0.05) is 37.1 Å². The lowest BCUT2D eigenvalue weighted by molar-refractivity contribution is -0.132. The Morgan fingerprint density at radius 3 is 2.46 bits per heavy atom. The van der Waals surface area contributed by atoms with Gasteiger partial charge in [0.2, 0.25) is 5.91 Å². The van der Waals surface area contributed by atoms with Gasteiger partial charge in [0.25, 0.3) is 5.91 Å². The second kappa shape index (κ2) is 7.13. The van der Waals surface area contributed by atoms with Crippen LogP contribution in [0.5, 0.6) is 0 Å². The second-order valence-corrected chi connectivity index (χ2v) is 7.14. The van der Waals surface area contributed by atoms with Crippen LogP contribution >= 0.6 is 11.3 Å². The third-order valence-electron chi connectivity index (χ3n) is 4.18. The van der Waals surface area contributed by atoms with Crippen molar-refractivity contribution < 1.29 is 9.59 Å². The summed E-state index contributed by atoms with van der Waals surface area (Å²) in [6, 6.07) is 7.63. The molecule has 1 fully saturated rings. The van der Waals surface area contributed by atoms with Gasteiger partial charge in [-0.05, 0) is 26.0 Å². The van der Waals surface area contributed by atoms with Crippen LogP contribution in [0.4, 0.5) is 0 Å². The number of rotatable bonds is 3. The minimum Gasteiger partial charge on any atom is -0.339 e.